The first kappa shape index (κ1) is 23.6. The van der Waals surface area contributed by atoms with Crippen molar-refractivity contribution in [3.05, 3.63) is 71.0 Å². The molecule has 0 spiro atoms. The third-order valence-electron chi connectivity index (χ3n) is 3.48. The Bertz CT molecular complexity index is 1170. The van der Waals surface area contributed by atoms with Crippen molar-refractivity contribution < 1.29 is 19.8 Å². The number of aromatic nitrogens is 4. The number of halogens is 1. The number of carboxylic acids is 2. The second-order valence-corrected chi connectivity index (χ2v) is 6.12. The molecular formula is C20H19BrN4O4. The van der Waals surface area contributed by atoms with Gasteiger partial charge in [-0.2, -0.15) is 0 Å². The first-order valence-corrected chi connectivity index (χ1v) is 8.32. The zero-order valence-electron chi connectivity index (χ0n) is 13.6. The van der Waals surface area contributed by atoms with E-state index in [1.165, 1.54) is 12.1 Å². The van der Waals surface area contributed by atoms with E-state index in [0.717, 1.165) is 10.8 Å². The molecular weight excluding hydrogens is 440 g/mol. The van der Waals surface area contributed by atoms with Crippen LogP contribution in [0.3, 0.4) is 0 Å². The van der Waals surface area contributed by atoms with Crippen LogP contribution in [-0.2, 0) is 0 Å². The second kappa shape index (κ2) is 10.2. The maximum Gasteiger partial charge on any atom is 0.354 e. The average Bonchev–Trinajstić information content (AvgIpc) is 2.68. The lowest BCUT2D eigenvalue weighted by atomic mass is 10.2. The lowest BCUT2D eigenvalue weighted by molar-refractivity contribution is 0.0680. The van der Waals surface area contributed by atoms with Gasteiger partial charge in [0.2, 0.25) is 0 Å². The van der Waals surface area contributed by atoms with Crippen molar-refractivity contribution in [3.63, 3.8) is 0 Å². The highest BCUT2D eigenvalue weighted by atomic mass is 79.9. The lowest BCUT2D eigenvalue weighted by Crippen LogP contribution is -2.00. The van der Waals surface area contributed by atoms with Crippen molar-refractivity contribution in [2.45, 2.75) is 14.9 Å². The zero-order valence-corrected chi connectivity index (χ0v) is 15.2. The molecule has 4 heterocycles. The molecule has 0 aliphatic rings. The Morgan fingerprint density at radius 3 is 2.00 bits per heavy atom. The minimum Gasteiger partial charge on any atom is -0.477 e. The molecule has 0 fully saturated rings. The van der Waals surface area contributed by atoms with E-state index in [0.29, 0.717) is 15.5 Å². The summed E-state index contributed by atoms with van der Waals surface area (Å²) in [6.07, 6.45) is 6.45. The highest BCUT2D eigenvalue weighted by Gasteiger charge is 2.07. The summed E-state index contributed by atoms with van der Waals surface area (Å²) in [5.74, 6) is -2.05. The molecule has 150 valence electrons. The molecule has 0 aliphatic heterocycles. The van der Waals surface area contributed by atoms with Crippen LogP contribution in [0.4, 0.5) is 0 Å². The summed E-state index contributed by atoms with van der Waals surface area (Å²) in [5, 5.41) is 19.1. The fourth-order valence-electron chi connectivity index (χ4n) is 2.21. The number of carboxylic acid groups (broad SMARTS) is 2. The molecule has 0 saturated carbocycles. The van der Waals surface area contributed by atoms with Crippen LogP contribution < -0.4 is 0 Å². The van der Waals surface area contributed by atoms with Crippen LogP contribution in [0.15, 0.2) is 59.6 Å². The summed E-state index contributed by atoms with van der Waals surface area (Å²) in [5.41, 5.74) is 1.35. The average molecular weight is 459 g/mol. The monoisotopic (exact) mass is 458 g/mol. The van der Waals surface area contributed by atoms with Crippen LogP contribution in [0.25, 0.3) is 21.8 Å². The van der Waals surface area contributed by atoms with E-state index in [2.05, 4.69) is 35.9 Å². The topological polar surface area (TPSA) is 126 Å². The largest absolute Gasteiger partial charge is 0.477 e. The summed E-state index contributed by atoms with van der Waals surface area (Å²) in [4.78, 5) is 37.0. The summed E-state index contributed by atoms with van der Waals surface area (Å²) in [6, 6.07) is 7.98. The van der Waals surface area contributed by atoms with Gasteiger partial charge >= 0.3 is 11.9 Å². The van der Waals surface area contributed by atoms with E-state index in [1.807, 2.05) is 0 Å². The van der Waals surface area contributed by atoms with Crippen molar-refractivity contribution in [1.29, 1.82) is 0 Å². The number of rotatable bonds is 2. The third-order valence-corrected chi connectivity index (χ3v) is 4.06. The molecule has 9 heteroatoms. The van der Waals surface area contributed by atoms with Gasteiger partial charge in [0, 0.05) is 35.6 Å². The molecule has 0 atom stereocenters. The smallest absolute Gasteiger partial charge is 0.354 e. The van der Waals surface area contributed by atoms with Crippen LogP contribution in [0, 0.1) is 0 Å². The van der Waals surface area contributed by atoms with Crippen LogP contribution in [0.2, 0.25) is 0 Å². The van der Waals surface area contributed by atoms with Gasteiger partial charge < -0.3 is 10.2 Å². The lowest BCUT2D eigenvalue weighted by Gasteiger charge is -1.99. The fraction of sp³-hybridized carbons (Fsp3) is 0.100. The predicted molar refractivity (Wildman–Crippen MR) is 114 cm³/mol. The Morgan fingerprint density at radius 2 is 1.34 bits per heavy atom. The fourth-order valence-corrected chi connectivity index (χ4v) is 2.65. The number of fused-ring (bicyclic) bond motifs is 2. The highest BCUT2D eigenvalue weighted by Crippen LogP contribution is 2.20. The quantitative estimate of drug-likeness (QED) is 0.442. The molecule has 29 heavy (non-hydrogen) atoms. The molecule has 0 aliphatic carbocycles. The number of nitrogens with zero attached hydrogens (tertiary/aromatic N) is 4. The molecule has 8 nitrogen and oxygen atoms in total. The Labute approximate surface area is 175 Å². The van der Waals surface area contributed by atoms with Crippen molar-refractivity contribution in [1.82, 2.24) is 19.9 Å². The SMILES string of the molecule is C.C.O=C(O)c1ccc2cncc(Br)c2n1.O=C(O)c1ccc2cnccc2n1. The number of hydrogen-bond acceptors (Lipinski definition) is 6. The molecule has 0 unspecified atom stereocenters. The first-order chi connectivity index (χ1) is 13.0. The summed E-state index contributed by atoms with van der Waals surface area (Å²) >= 11 is 3.26. The van der Waals surface area contributed by atoms with Gasteiger partial charge in [-0.25, -0.2) is 19.6 Å². The Morgan fingerprint density at radius 1 is 0.759 bits per heavy atom. The van der Waals surface area contributed by atoms with Gasteiger partial charge in [-0.1, -0.05) is 14.9 Å². The number of aromatic carboxylic acids is 2. The minimum absolute atomic E-state index is 0. The van der Waals surface area contributed by atoms with Crippen molar-refractivity contribution >= 4 is 49.7 Å². The summed E-state index contributed by atoms with van der Waals surface area (Å²) in [7, 11) is 0. The van der Waals surface area contributed by atoms with Crippen LogP contribution >= 0.6 is 15.9 Å². The van der Waals surface area contributed by atoms with Crippen molar-refractivity contribution in [2.24, 2.45) is 0 Å². The van der Waals surface area contributed by atoms with E-state index in [9.17, 15) is 9.59 Å². The molecule has 2 N–H and O–H groups in total. The number of hydrogen-bond donors (Lipinski definition) is 2. The van der Waals surface area contributed by atoms with E-state index >= 15 is 0 Å². The minimum atomic E-state index is -1.03. The predicted octanol–water partition coefficient (Wildman–Crippen LogP) is 4.69. The maximum absolute atomic E-state index is 10.7. The Balaban J connectivity index is 0.000000272. The molecule has 0 aromatic carbocycles. The molecule has 0 radical (unpaired) electrons. The number of pyridine rings is 4. The first-order valence-electron chi connectivity index (χ1n) is 7.53. The van der Waals surface area contributed by atoms with Crippen LogP contribution in [-0.4, -0.2) is 42.1 Å². The Hall–Kier alpha value is -3.46. The zero-order chi connectivity index (χ0) is 19.4. The van der Waals surface area contributed by atoms with E-state index in [-0.39, 0.29) is 26.2 Å². The van der Waals surface area contributed by atoms with E-state index in [4.69, 9.17) is 10.2 Å². The standard InChI is InChI=1S/C9H5BrN2O2.C9H6N2O2.2CH4/c10-6-4-11-3-5-1-2-7(9(13)14)12-8(5)6;12-9(13)8-2-1-6-5-10-4-3-7(6)11-8;;/h1-4H,(H,13,14);1-5H,(H,12,13);2*1H4. The highest BCUT2D eigenvalue weighted by molar-refractivity contribution is 9.10. The van der Waals surface area contributed by atoms with Gasteiger partial charge in [-0.3, -0.25) is 9.97 Å². The molecule has 4 aromatic rings. The van der Waals surface area contributed by atoms with Crippen LogP contribution in [0.5, 0.6) is 0 Å². The number of carbonyl (C=O) groups is 2. The van der Waals surface area contributed by atoms with Gasteiger partial charge in [-0.15, -0.1) is 0 Å². The van der Waals surface area contributed by atoms with E-state index < -0.39 is 11.9 Å². The van der Waals surface area contributed by atoms with Crippen LogP contribution in [0.1, 0.15) is 35.8 Å². The molecule has 0 amide bonds. The second-order valence-electron chi connectivity index (χ2n) is 5.26. The van der Waals surface area contributed by atoms with Gasteiger partial charge in [0.25, 0.3) is 0 Å². The van der Waals surface area contributed by atoms with Crippen molar-refractivity contribution in [3.8, 4) is 0 Å². The summed E-state index contributed by atoms with van der Waals surface area (Å²) in [6.45, 7) is 0. The van der Waals surface area contributed by atoms with E-state index in [1.54, 1.807) is 43.0 Å². The van der Waals surface area contributed by atoms with Crippen molar-refractivity contribution in [2.75, 3.05) is 0 Å². The normalized spacial score (nSPS) is 9.55. The molecule has 4 aromatic heterocycles. The van der Waals surface area contributed by atoms with Gasteiger partial charge in [0.1, 0.15) is 11.4 Å². The molecule has 4 rings (SSSR count). The van der Waals surface area contributed by atoms with Gasteiger partial charge in [0.15, 0.2) is 0 Å². The Kier molecular flexibility index (Phi) is 8.28. The third kappa shape index (κ3) is 5.52. The van der Waals surface area contributed by atoms with Gasteiger partial charge in [0.05, 0.1) is 15.5 Å². The maximum atomic E-state index is 10.7. The van der Waals surface area contributed by atoms with Gasteiger partial charge in [-0.05, 0) is 46.3 Å². The molecule has 0 bridgehead atoms. The molecule has 0 saturated heterocycles. The summed E-state index contributed by atoms with van der Waals surface area (Å²) < 4.78 is 0.693.